The standard InChI is InChI=1S/C19H25NO/c20-15-18(12-6-1-2-7-13-18)19(21)14-8-5-10-16-9-3-4-11-17(16)19/h3-4,9,11,21H,1-2,5-8,10,12-14H2. The maximum Gasteiger partial charge on any atom is 0.108 e. The molecule has 0 amide bonds. The normalized spacial score (nSPS) is 28.8. The van der Waals surface area contributed by atoms with E-state index in [1.54, 1.807) is 0 Å². The third-order valence-electron chi connectivity index (χ3n) is 5.66. The van der Waals surface area contributed by atoms with E-state index >= 15 is 0 Å². The highest BCUT2D eigenvalue weighted by Gasteiger charge is 2.52. The number of rotatable bonds is 1. The minimum Gasteiger partial charge on any atom is -0.383 e. The first kappa shape index (κ1) is 14.6. The number of nitrogens with zero attached hydrogens (tertiary/aromatic N) is 1. The molecule has 1 fully saturated rings. The molecule has 1 unspecified atom stereocenters. The fourth-order valence-electron chi connectivity index (χ4n) is 4.42. The van der Waals surface area contributed by atoms with Crippen LogP contribution in [0.1, 0.15) is 68.9 Å². The van der Waals surface area contributed by atoms with E-state index in [1.165, 1.54) is 18.4 Å². The Bertz CT molecular complexity index is 537. The smallest absolute Gasteiger partial charge is 0.108 e. The van der Waals surface area contributed by atoms with Crippen molar-refractivity contribution in [3.63, 3.8) is 0 Å². The molecule has 0 bridgehead atoms. The Kier molecular flexibility index (Phi) is 4.04. The molecule has 0 aromatic heterocycles. The molecule has 0 radical (unpaired) electrons. The van der Waals surface area contributed by atoms with Crippen molar-refractivity contribution in [3.05, 3.63) is 35.4 Å². The predicted octanol–water partition coefficient (Wildman–Crippen LogP) is 4.46. The molecule has 2 aliphatic rings. The lowest BCUT2D eigenvalue weighted by atomic mass is 9.63. The van der Waals surface area contributed by atoms with Crippen molar-refractivity contribution in [1.29, 1.82) is 5.26 Å². The van der Waals surface area contributed by atoms with Crippen molar-refractivity contribution in [3.8, 4) is 6.07 Å². The van der Waals surface area contributed by atoms with Crippen LogP contribution < -0.4 is 0 Å². The molecule has 112 valence electrons. The number of nitriles is 1. The second-order valence-corrected chi connectivity index (χ2v) is 6.83. The van der Waals surface area contributed by atoms with Crippen LogP contribution in [-0.2, 0) is 12.0 Å². The van der Waals surface area contributed by atoms with Crippen LogP contribution in [0.4, 0.5) is 0 Å². The van der Waals surface area contributed by atoms with Crippen molar-refractivity contribution in [2.24, 2.45) is 5.41 Å². The molecule has 1 aromatic rings. The maximum absolute atomic E-state index is 11.7. The molecule has 2 heteroatoms. The van der Waals surface area contributed by atoms with E-state index in [2.05, 4.69) is 24.3 Å². The minimum atomic E-state index is -0.959. The Labute approximate surface area is 127 Å². The quantitative estimate of drug-likeness (QED) is 0.610. The SMILES string of the molecule is N#CC1(C2(O)CCCCc3ccccc32)CCCCCC1. The van der Waals surface area contributed by atoms with E-state index in [4.69, 9.17) is 0 Å². The lowest BCUT2D eigenvalue weighted by molar-refractivity contribution is -0.0769. The van der Waals surface area contributed by atoms with Crippen LogP contribution in [0, 0.1) is 16.7 Å². The van der Waals surface area contributed by atoms with E-state index in [0.717, 1.165) is 56.9 Å². The molecule has 21 heavy (non-hydrogen) atoms. The number of aryl methyl sites for hydroxylation is 1. The van der Waals surface area contributed by atoms with Crippen LogP contribution in [0.3, 0.4) is 0 Å². The fraction of sp³-hybridized carbons (Fsp3) is 0.632. The predicted molar refractivity (Wildman–Crippen MR) is 83.6 cm³/mol. The Morgan fingerprint density at radius 3 is 2.29 bits per heavy atom. The molecule has 1 atom stereocenters. The van der Waals surface area contributed by atoms with E-state index in [0.29, 0.717) is 0 Å². The molecule has 0 saturated heterocycles. The summed E-state index contributed by atoms with van der Waals surface area (Å²) in [4.78, 5) is 0. The van der Waals surface area contributed by atoms with Crippen molar-refractivity contribution >= 4 is 0 Å². The molecule has 2 aliphatic carbocycles. The van der Waals surface area contributed by atoms with Gasteiger partial charge in [-0.3, -0.25) is 0 Å². The molecular weight excluding hydrogens is 258 g/mol. The van der Waals surface area contributed by atoms with Gasteiger partial charge in [-0.05, 0) is 49.7 Å². The third-order valence-corrected chi connectivity index (χ3v) is 5.66. The molecule has 0 spiro atoms. The van der Waals surface area contributed by atoms with Crippen molar-refractivity contribution < 1.29 is 5.11 Å². The van der Waals surface area contributed by atoms with E-state index in [1.807, 2.05) is 6.07 Å². The Morgan fingerprint density at radius 2 is 1.57 bits per heavy atom. The molecule has 1 saturated carbocycles. The Morgan fingerprint density at radius 1 is 0.905 bits per heavy atom. The summed E-state index contributed by atoms with van der Waals surface area (Å²) < 4.78 is 0. The van der Waals surface area contributed by atoms with Gasteiger partial charge in [0.15, 0.2) is 0 Å². The van der Waals surface area contributed by atoms with Gasteiger partial charge in [0, 0.05) is 0 Å². The van der Waals surface area contributed by atoms with Crippen LogP contribution in [0.15, 0.2) is 24.3 Å². The highest BCUT2D eigenvalue weighted by atomic mass is 16.3. The molecular formula is C19H25NO. The monoisotopic (exact) mass is 283 g/mol. The number of benzene rings is 1. The summed E-state index contributed by atoms with van der Waals surface area (Å²) in [6.07, 6.45) is 10.1. The Balaban J connectivity index is 2.11. The largest absolute Gasteiger partial charge is 0.383 e. The first-order chi connectivity index (χ1) is 10.2. The zero-order valence-electron chi connectivity index (χ0n) is 12.8. The Hall–Kier alpha value is -1.33. The number of fused-ring (bicyclic) bond motifs is 1. The van der Waals surface area contributed by atoms with Gasteiger partial charge in [-0.2, -0.15) is 5.26 Å². The summed E-state index contributed by atoms with van der Waals surface area (Å²) >= 11 is 0. The van der Waals surface area contributed by atoms with Crippen LogP contribution >= 0.6 is 0 Å². The molecule has 3 rings (SSSR count). The lowest BCUT2D eigenvalue weighted by Crippen LogP contribution is -2.45. The van der Waals surface area contributed by atoms with Gasteiger partial charge in [0.1, 0.15) is 5.60 Å². The number of hydrogen-bond donors (Lipinski definition) is 1. The second kappa shape index (κ2) is 5.81. The van der Waals surface area contributed by atoms with E-state index in [-0.39, 0.29) is 0 Å². The van der Waals surface area contributed by atoms with Crippen molar-refractivity contribution in [2.75, 3.05) is 0 Å². The van der Waals surface area contributed by atoms with Gasteiger partial charge < -0.3 is 5.11 Å². The summed E-state index contributed by atoms with van der Waals surface area (Å²) in [5.74, 6) is 0. The van der Waals surface area contributed by atoms with Gasteiger partial charge in [0.05, 0.1) is 11.5 Å². The maximum atomic E-state index is 11.7. The average molecular weight is 283 g/mol. The highest BCUT2D eigenvalue weighted by molar-refractivity contribution is 5.37. The number of hydrogen-bond acceptors (Lipinski definition) is 2. The van der Waals surface area contributed by atoms with Crippen LogP contribution in [-0.4, -0.2) is 5.11 Å². The van der Waals surface area contributed by atoms with E-state index in [9.17, 15) is 10.4 Å². The van der Waals surface area contributed by atoms with Crippen LogP contribution in [0.5, 0.6) is 0 Å². The second-order valence-electron chi connectivity index (χ2n) is 6.83. The molecule has 2 nitrogen and oxygen atoms in total. The minimum absolute atomic E-state index is 0.593. The molecule has 0 aliphatic heterocycles. The molecule has 1 N–H and O–H groups in total. The summed E-state index contributed by atoms with van der Waals surface area (Å²) in [6.45, 7) is 0. The van der Waals surface area contributed by atoms with Crippen molar-refractivity contribution in [1.82, 2.24) is 0 Å². The van der Waals surface area contributed by atoms with Crippen LogP contribution in [0.25, 0.3) is 0 Å². The van der Waals surface area contributed by atoms with Gasteiger partial charge in [0.2, 0.25) is 0 Å². The average Bonchev–Trinajstić information content (AvgIpc) is 2.86. The molecule has 1 aromatic carbocycles. The summed E-state index contributed by atoms with van der Waals surface area (Å²) in [7, 11) is 0. The summed E-state index contributed by atoms with van der Waals surface area (Å²) in [5, 5.41) is 21.7. The van der Waals surface area contributed by atoms with Gasteiger partial charge in [-0.25, -0.2) is 0 Å². The highest BCUT2D eigenvalue weighted by Crippen LogP contribution is 2.53. The topological polar surface area (TPSA) is 44.0 Å². The first-order valence-electron chi connectivity index (χ1n) is 8.44. The first-order valence-corrected chi connectivity index (χ1v) is 8.44. The fourth-order valence-corrected chi connectivity index (χ4v) is 4.42. The summed E-state index contributed by atoms with van der Waals surface area (Å²) in [6, 6.07) is 10.8. The zero-order chi connectivity index (χ0) is 14.8. The lowest BCUT2D eigenvalue weighted by Gasteiger charge is -2.43. The van der Waals surface area contributed by atoms with Crippen LogP contribution in [0.2, 0.25) is 0 Å². The summed E-state index contributed by atoms with van der Waals surface area (Å²) in [5.41, 5.74) is 0.727. The number of aliphatic hydroxyl groups is 1. The molecule has 0 heterocycles. The third kappa shape index (κ3) is 2.38. The van der Waals surface area contributed by atoms with Crippen molar-refractivity contribution in [2.45, 2.75) is 69.8 Å². The van der Waals surface area contributed by atoms with Gasteiger partial charge in [0.25, 0.3) is 0 Å². The van der Waals surface area contributed by atoms with Gasteiger partial charge >= 0.3 is 0 Å². The van der Waals surface area contributed by atoms with E-state index < -0.39 is 11.0 Å². The van der Waals surface area contributed by atoms with Gasteiger partial charge in [-0.1, -0.05) is 49.9 Å². The van der Waals surface area contributed by atoms with Gasteiger partial charge in [-0.15, -0.1) is 0 Å². The zero-order valence-corrected chi connectivity index (χ0v) is 12.8.